The van der Waals surface area contributed by atoms with Crippen LogP contribution in [-0.2, 0) is 6.54 Å². The number of benzene rings is 3. The predicted octanol–water partition coefficient (Wildman–Crippen LogP) is 6.03. The molecule has 35 heavy (non-hydrogen) atoms. The first kappa shape index (κ1) is 27.3. The summed E-state index contributed by atoms with van der Waals surface area (Å²) in [6, 6.07) is 29.3. The summed E-state index contributed by atoms with van der Waals surface area (Å²) in [4.78, 5) is 5.43. The van der Waals surface area contributed by atoms with Crippen LogP contribution >= 0.6 is 24.8 Å². The Morgan fingerprint density at radius 3 is 2.09 bits per heavy atom. The lowest BCUT2D eigenvalue weighted by atomic mass is 9.82. The lowest BCUT2D eigenvalue weighted by Crippen LogP contribution is -2.57. The number of hydrogen-bond acceptors (Lipinski definition) is 4. The SMILES string of the molecule is COc1ccc(OC)c(CN2CC(C(c3ccccc3)c3ccccc3)N3CCC[C@H]3C2)c1.Cl.Cl. The molecule has 0 aliphatic carbocycles. The molecule has 0 bridgehead atoms. The van der Waals surface area contributed by atoms with Crippen LogP contribution in [0, 0.1) is 0 Å². The molecule has 2 aliphatic rings. The molecular formula is C29H36Cl2N2O2. The molecule has 2 fully saturated rings. The highest BCUT2D eigenvalue weighted by Crippen LogP contribution is 2.38. The second-order valence-corrected chi connectivity index (χ2v) is 9.27. The standard InChI is InChI=1S/C29H34N2O2.2ClH/c1-32-26-15-16-28(33-2)24(18-26)19-30-20-25-14-9-17-31(25)27(21-30)29(22-10-5-3-6-11-22)23-12-7-4-8-13-23;;/h3-8,10-13,15-16,18,25,27,29H,9,14,17,19-21H2,1-2H3;2*1H/t25-,27?;;/m0../s1. The lowest BCUT2D eigenvalue weighted by Gasteiger charge is -2.47. The van der Waals surface area contributed by atoms with Crippen LogP contribution in [0.15, 0.2) is 78.9 Å². The number of ether oxygens (including phenoxy) is 2. The number of piperazine rings is 1. The molecule has 0 radical (unpaired) electrons. The van der Waals surface area contributed by atoms with E-state index in [0.29, 0.717) is 18.0 Å². The van der Waals surface area contributed by atoms with Crippen molar-refractivity contribution < 1.29 is 9.47 Å². The smallest absolute Gasteiger partial charge is 0.123 e. The van der Waals surface area contributed by atoms with Crippen molar-refractivity contribution in [1.82, 2.24) is 9.80 Å². The normalized spacial score (nSPS) is 20.0. The van der Waals surface area contributed by atoms with E-state index in [4.69, 9.17) is 9.47 Å². The number of halogens is 2. The molecule has 0 spiro atoms. The second-order valence-electron chi connectivity index (χ2n) is 9.27. The number of rotatable bonds is 7. The molecule has 2 heterocycles. The minimum atomic E-state index is 0. The molecule has 0 N–H and O–H groups in total. The van der Waals surface area contributed by atoms with Crippen LogP contribution in [0.4, 0.5) is 0 Å². The summed E-state index contributed by atoms with van der Waals surface area (Å²) in [5.41, 5.74) is 4.00. The third kappa shape index (κ3) is 5.95. The van der Waals surface area contributed by atoms with Crippen molar-refractivity contribution in [3.8, 4) is 11.5 Å². The van der Waals surface area contributed by atoms with E-state index >= 15 is 0 Å². The van der Waals surface area contributed by atoms with Gasteiger partial charge in [-0.25, -0.2) is 0 Å². The van der Waals surface area contributed by atoms with Gasteiger partial charge >= 0.3 is 0 Å². The number of methoxy groups -OCH3 is 2. The van der Waals surface area contributed by atoms with Crippen molar-refractivity contribution in [3.05, 3.63) is 95.6 Å². The van der Waals surface area contributed by atoms with Gasteiger partial charge in [-0.1, -0.05) is 60.7 Å². The van der Waals surface area contributed by atoms with E-state index in [2.05, 4.69) is 76.5 Å². The zero-order valence-corrected chi connectivity index (χ0v) is 22.1. The highest BCUT2D eigenvalue weighted by molar-refractivity contribution is 5.85. The molecule has 4 nitrogen and oxygen atoms in total. The summed E-state index contributed by atoms with van der Waals surface area (Å²) in [6.07, 6.45) is 2.56. The molecule has 3 aromatic carbocycles. The zero-order valence-electron chi connectivity index (χ0n) is 20.5. The van der Waals surface area contributed by atoms with Gasteiger partial charge in [0, 0.05) is 43.2 Å². The van der Waals surface area contributed by atoms with Crippen molar-refractivity contribution in [2.75, 3.05) is 33.9 Å². The summed E-state index contributed by atoms with van der Waals surface area (Å²) >= 11 is 0. The van der Waals surface area contributed by atoms with E-state index < -0.39 is 0 Å². The third-order valence-corrected chi connectivity index (χ3v) is 7.35. The molecule has 5 rings (SSSR count). The largest absolute Gasteiger partial charge is 0.497 e. The van der Waals surface area contributed by atoms with Gasteiger partial charge in [0.2, 0.25) is 0 Å². The summed E-state index contributed by atoms with van der Waals surface area (Å²) in [5.74, 6) is 2.17. The zero-order chi connectivity index (χ0) is 22.6. The fraction of sp³-hybridized carbons (Fsp3) is 0.379. The van der Waals surface area contributed by atoms with Gasteiger partial charge in [-0.15, -0.1) is 24.8 Å². The Bertz CT molecular complexity index is 1010. The Balaban J connectivity index is 0.00000171. The summed E-state index contributed by atoms with van der Waals surface area (Å²) in [5, 5.41) is 0. The van der Waals surface area contributed by atoms with Gasteiger partial charge in [-0.2, -0.15) is 0 Å². The molecule has 2 saturated heterocycles. The Morgan fingerprint density at radius 2 is 1.49 bits per heavy atom. The van der Waals surface area contributed by atoms with Gasteiger partial charge in [-0.3, -0.25) is 9.80 Å². The number of nitrogens with zero attached hydrogens (tertiary/aromatic N) is 2. The number of hydrogen-bond donors (Lipinski definition) is 0. The van der Waals surface area contributed by atoms with Gasteiger partial charge in [-0.05, 0) is 48.7 Å². The first-order valence-corrected chi connectivity index (χ1v) is 12.1. The maximum Gasteiger partial charge on any atom is 0.123 e. The lowest BCUT2D eigenvalue weighted by molar-refractivity contribution is 0.0380. The molecule has 2 atom stereocenters. The molecule has 0 amide bonds. The van der Waals surface area contributed by atoms with Gasteiger partial charge in [0.05, 0.1) is 14.2 Å². The summed E-state index contributed by atoms with van der Waals surface area (Å²) in [7, 11) is 3.48. The van der Waals surface area contributed by atoms with E-state index in [0.717, 1.165) is 31.1 Å². The van der Waals surface area contributed by atoms with E-state index in [1.807, 2.05) is 12.1 Å². The first-order valence-electron chi connectivity index (χ1n) is 12.1. The highest BCUT2D eigenvalue weighted by atomic mass is 35.5. The maximum atomic E-state index is 5.69. The Morgan fingerprint density at radius 1 is 0.829 bits per heavy atom. The van der Waals surface area contributed by atoms with Gasteiger partial charge in [0.25, 0.3) is 0 Å². The van der Waals surface area contributed by atoms with Gasteiger partial charge in [0.1, 0.15) is 11.5 Å². The van der Waals surface area contributed by atoms with E-state index in [9.17, 15) is 0 Å². The van der Waals surface area contributed by atoms with Crippen LogP contribution in [0.2, 0.25) is 0 Å². The van der Waals surface area contributed by atoms with E-state index in [1.54, 1.807) is 14.2 Å². The quantitative estimate of drug-likeness (QED) is 0.384. The fourth-order valence-corrected chi connectivity index (χ4v) is 5.86. The van der Waals surface area contributed by atoms with Crippen molar-refractivity contribution in [2.24, 2.45) is 0 Å². The van der Waals surface area contributed by atoms with Crippen LogP contribution < -0.4 is 9.47 Å². The van der Waals surface area contributed by atoms with Crippen LogP contribution in [0.5, 0.6) is 11.5 Å². The monoisotopic (exact) mass is 514 g/mol. The van der Waals surface area contributed by atoms with Crippen LogP contribution in [0.1, 0.15) is 35.4 Å². The Labute approximate surface area is 222 Å². The summed E-state index contributed by atoms with van der Waals surface area (Å²) in [6.45, 7) is 4.21. The van der Waals surface area contributed by atoms with Crippen molar-refractivity contribution >= 4 is 24.8 Å². The Kier molecular flexibility index (Phi) is 9.88. The average molecular weight is 516 g/mol. The maximum absolute atomic E-state index is 5.69. The van der Waals surface area contributed by atoms with E-state index in [-0.39, 0.29) is 24.8 Å². The minimum Gasteiger partial charge on any atom is -0.497 e. The van der Waals surface area contributed by atoms with Crippen LogP contribution in [0.3, 0.4) is 0 Å². The Hall–Kier alpha value is -2.24. The predicted molar refractivity (Wildman–Crippen MR) is 148 cm³/mol. The molecule has 1 unspecified atom stereocenters. The second kappa shape index (κ2) is 12.6. The molecule has 0 saturated carbocycles. The molecule has 2 aliphatic heterocycles. The summed E-state index contributed by atoms with van der Waals surface area (Å²) < 4.78 is 11.2. The van der Waals surface area contributed by atoms with Crippen LogP contribution in [0.25, 0.3) is 0 Å². The fourth-order valence-electron chi connectivity index (χ4n) is 5.86. The molecule has 6 heteroatoms. The van der Waals surface area contributed by atoms with Gasteiger partial charge in [0.15, 0.2) is 0 Å². The minimum absolute atomic E-state index is 0. The molecule has 0 aromatic heterocycles. The van der Waals surface area contributed by atoms with Gasteiger partial charge < -0.3 is 9.47 Å². The molecule has 188 valence electrons. The average Bonchev–Trinajstić information content (AvgIpc) is 3.34. The third-order valence-electron chi connectivity index (χ3n) is 7.35. The number of fused-ring (bicyclic) bond motifs is 1. The van der Waals surface area contributed by atoms with E-state index in [1.165, 1.54) is 36.1 Å². The highest BCUT2D eigenvalue weighted by Gasteiger charge is 2.41. The van der Waals surface area contributed by atoms with Crippen molar-refractivity contribution in [1.29, 1.82) is 0 Å². The van der Waals surface area contributed by atoms with Crippen molar-refractivity contribution in [3.63, 3.8) is 0 Å². The first-order chi connectivity index (χ1) is 16.3. The molecular weight excluding hydrogens is 479 g/mol. The van der Waals surface area contributed by atoms with Crippen LogP contribution in [-0.4, -0.2) is 55.7 Å². The topological polar surface area (TPSA) is 24.9 Å². The molecule has 3 aromatic rings. The van der Waals surface area contributed by atoms with Crippen molar-refractivity contribution in [2.45, 2.75) is 37.4 Å².